The molecule has 1 aliphatic heterocycles. The number of hydrogen-bond acceptors (Lipinski definition) is 6. The Morgan fingerprint density at radius 1 is 1.08 bits per heavy atom. The number of nitrogens with zero attached hydrogens (tertiary/aromatic N) is 3. The Labute approximate surface area is 151 Å². The van der Waals surface area contributed by atoms with Crippen molar-refractivity contribution in [1.82, 2.24) is 15.1 Å². The van der Waals surface area contributed by atoms with Gasteiger partial charge in [0.2, 0.25) is 11.7 Å². The molecule has 0 spiro atoms. The first kappa shape index (κ1) is 16.7. The first-order chi connectivity index (χ1) is 12.3. The van der Waals surface area contributed by atoms with Crippen molar-refractivity contribution >= 4 is 0 Å². The van der Waals surface area contributed by atoms with Gasteiger partial charge in [-0.1, -0.05) is 22.3 Å². The van der Waals surface area contributed by atoms with E-state index in [4.69, 9.17) is 9.26 Å². The highest BCUT2D eigenvalue weighted by Gasteiger charge is 2.36. The predicted octanol–water partition coefficient (Wildman–Crippen LogP) is 3.49. The van der Waals surface area contributed by atoms with E-state index in [0.717, 1.165) is 22.3 Å². The summed E-state index contributed by atoms with van der Waals surface area (Å²) < 4.78 is 11.2. The van der Waals surface area contributed by atoms with E-state index in [2.05, 4.69) is 21.2 Å². The van der Waals surface area contributed by atoms with E-state index in [9.17, 15) is 5.11 Å². The molecule has 6 heteroatoms. The highest BCUT2D eigenvalue weighted by Crippen LogP contribution is 2.34. The summed E-state index contributed by atoms with van der Waals surface area (Å²) in [7, 11) is 0. The summed E-state index contributed by atoms with van der Waals surface area (Å²) in [6, 6.07) is 8.04. The van der Waals surface area contributed by atoms with Gasteiger partial charge in [-0.15, -0.1) is 0 Å². The summed E-state index contributed by atoms with van der Waals surface area (Å²) in [5.41, 5.74) is 4.11. The molecule has 26 heavy (non-hydrogen) atoms. The fraction of sp³-hybridized carbons (Fsp3) is 0.350. The summed E-state index contributed by atoms with van der Waals surface area (Å²) in [6.45, 7) is 7.78. The van der Waals surface area contributed by atoms with Crippen LogP contribution in [0.25, 0.3) is 22.8 Å². The lowest BCUT2D eigenvalue weighted by Crippen LogP contribution is -2.46. The second-order valence-corrected chi connectivity index (χ2v) is 7.41. The van der Waals surface area contributed by atoms with Crippen LogP contribution in [-0.4, -0.2) is 31.9 Å². The zero-order valence-electron chi connectivity index (χ0n) is 15.3. The lowest BCUT2D eigenvalue weighted by molar-refractivity contribution is -0.0442. The number of fused-ring (bicyclic) bond motifs is 1. The highest BCUT2D eigenvalue weighted by molar-refractivity contribution is 5.61. The number of pyridine rings is 1. The molecule has 6 nitrogen and oxygen atoms in total. The van der Waals surface area contributed by atoms with Gasteiger partial charge in [-0.3, -0.25) is 0 Å². The van der Waals surface area contributed by atoms with Crippen LogP contribution in [0.2, 0.25) is 0 Å². The quantitative estimate of drug-likeness (QED) is 0.761. The zero-order valence-corrected chi connectivity index (χ0v) is 15.3. The average Bonchev–Trinajstić information content (AvgIpc) is 3.04. The minimum absolute atomic E-state index is 0.397. The number of aliphatic hydroxyl groups is 1. The molecule has 2 aromatic heterocycles. The number of aryl methyl sites for hydroxylation is 2. The fourth-order valence-electron chi connectivity index (χ4n) is 3.19. The molecule has 0 bridgehead atoms. The average molecular weight is 351 g/mol. The maximum atomic E-state index is 10.2. The summed E-state index contributed by atoms with van der Waals surface area (Å²) in [4.78, 5) is 8.88. The maximum absolute atomic E-state index is 10.2. The van der Waals surface area contributed by atoms with E-state index in [0.29, 0.717) is 29.6 Å². The SMILES string of the molecule is Cc1cc(C)cc(-c2noc(-c3cnc4c(c3)C[C@H](O)C(C)(C)O4)n2)c1. The van der Waals surface area contributed by atoms with E-state index in [1.807, 2.05) is 45.9 Å². The Kier molecular flexibility index (Phi) is 3.80. The van der Waals surface area contributed by atoms with E-state index < -0.39 is 11.7 Å². The van der Waals surface area contributed by atoms with Crippen molar-refractivity contribution in [1.29, 1.82) is 0 Å². The molecule has 1 N–H and O–H groups in total. The van der Waals surface area contributed by atoms with Crippen LogP contribution >= 0.6 is 0 Å². The van der Waals surface area contributed by atoms with Gasteiger partial charge < -0.3 is 14.4 Å². The Balaban J connectivity index is 1.67. The largest absolute Gasteiger partial charge is 0.469 e. The second kappa shape index (κ2) is 5.92. The minimum Gasteiger partial charge on any atom is -0.469 e. The fourth-order valence-corrected chi connectivity index (χ4v) is 3.19. The van der Waals surface area contributed by atoms with Gasteiger partial charge in [-0.2, -0.15) is 4.98 Å². The molecule has 0 amide bonds. The van der Waals surface area contributed by atoms with Gasteiger partial charge in [-0.05, 0) is 45.9 Å². The summed E-state index contributed by atoms with van der Waals surface area (Å²) in [5.74, 6) is 1.48. The van der Waals surface area contributed by atoms with Crippen molar-refractivity contribution in [2.75, 3.05) is 0 Å². The van der Waals surface area contributed by atoms with Crippen LogP contribution in [-0.2, 0) is 6.42 Å². The Bertz CT molecular complexity index is 958. The van der Waals surface area contributed by atoms with Gasteiger partial charge in [-0.25, -0.2) is 4.98 Å². The van der Waals surface area contributed by atoms with Crippen LogP contribution in [0.5, 0.6) is 5.88 Å². The summed E-state index contributed by atoms with van der Waals surface area (Å²) >= 11 is 0. The van der Waals surface area contributed by atoms with Crippen LogP contribution in [0.3, 0.4) is 0 Å². The third-order valence-corrected chi connectivity index (χ3v) is 4.65. The third kappa shape index (κ3) is 2.97. The van der Waals surface area contributed by atoms with Crippen molar-refractivity contribution in [3.63, 3.8) is 0 Å². The molecule has 0 fully saturated rings. The van der Waals surface area contributed by atoms with Gasteiger partial charge in [0.05, 0.1) is 11.7 Å². The smallest absolute Gasteiger partial charge is 0.259 e. The first-order valence-electron chi connectivity index (χ1n) is 8.60. The van der Waals surface area contributed by atoms with Gasteiger partial charge >= 0.3 is 0 Å². The molecular weight excluding hydrogens is 330 g/mol. The molecule has 1 atom stereocenters. The van der Waals surface area contributed by atoms with Crippen molar-refractivity contribution < 1.29 is 14.4 Å². The number of aliphatic hydroxyl groups excluding tert-OH is 1. The van der Waals surface area contributed by atoms with Gasteiger partial charge in [0, 0.05) is 23.7 Å². The number of benzene rings is 1. The topological polar surface area (TPSA) is 81.3 Å². The van der Waals surface area contributed by atoms with E-state index in [1.165, 1.54) is 0 Å². The minimum atomic E-state index is -0.651. The summed E-state index contributed by atoms with van der Waals surface area (Å²) in [5, 5.41) is 14.3. The standard InChI is InChI=1S/C20H21N3O3/c1-11-5-12(2)7-13(6-11)17-22-19(26-23-17)15-8-14-9-16(24)20(3,4)25-18(14)21-10-15/h5-8,10,16,24H,9H2,1-4H3/t16-/m0/s1. The van der Waals surface area contributed by atoms with E-state index in [-0.39, 0.29) is 0 Å². The lowest BCUT2D eigenvalue weighted by Gasteiger charge is -2.36. The monoisotopic (exact) mass is 351 g/mol. The van der Waals surface area contributed by atoms with E-state index >= 15 is 0 Å². The molecule has 3 aromatic rings. The molecule has 0 radical (unpaired) electrons. The van der Waals surface area contributed by atoms with Crippen molar-refractivity contribution in [2.45, 2.75) is 45.8 Å². The highest BCUT2D eigenvalue weighted by atomic mass is 16.5. The number of aromatic nitrogens is 3. The molecule has 0 unspecified atom stereocenters. The van der Waals surface area contributed by atoms with Crippen LogP contribution in [0.1, 0.15) is 30.5 Å². The Hall–Kier alpha value is -2.73. The number of rotatable bonds is 2. The third-order valence-electron chi connectivity index (χ3n) is 4.65. The second-order valence-electron chi connectivity index (χ2n) is 7.41. The molecule has 134 valence electrons. The molecule has 0 saturated carbocycles. The van der Waals surface area contributed by atoms with E-state index in [1.54, 1.807) is 6.20 Å². The lowest BCUT2D eigenvalue weighted by atomic mass is 9.92. The molecule has 0 saturated heterocycles. The number of hydrogen-bond donors (Lipinski definition) is 1. The molecule has 0 aliphatic carbocycles. The maximum Gasteiger partial charge on any atom is 0.259 e. The molecule has 1 aliphatic rings. The van der Waals surface area contributed by atoms with Crippen LogP contribution in [0.15, 0.2) is 35.0 Å². The van der Waals surface area contributed by atoms with Crippen LogP contribution in [0.4, 0.5) is 0 Å². The summed E-state index contributed by atoms with van der Waals surface area (Å²) in [6.07, 6.45) is 1.53. The first-order valence-corrected chi connectivity index (χ1v) is 8.60. The zero-order chi connectivity index (χ0) is 18.5. The van der Waals surface area contributed by atoms with Crippen molar-refractivity contribution in [3.05, 3.63) is 47.2 Å². The van der Waals surface area contributed by atoms with Gasteiger partial charge in [0.1, 0.15) is 5.60 Å². The molecule has 4 rings (SSSR count). The predicted molar refractivity (Wildman–Crippen MR) is 96.9 cm³/mol. The normalized spacial score (nSPS) is 18.3. The van der Waals surface area contributed by atoms with Gasteiger partial charge in [0.25, 0.3) is 5.89 Å². The molecule has 1 aromatic carbocycles. The molecular formula is C20H21N3O3. The molecule has 3 heterocycles. The number of ether oxygens (including phenoxy) is 1. The van der Waals surface area contributed by atoms with Crippen LogP contribution in [0, 0.1) is 13.8 Å². The van der Waals surface area contributed by atoms with Crippen molar-refractivity contribution in [3.8, 4) is 28.7 Å². The Morgan fingerprint density at radius 3 is 2.54 bits per heavy atom. The van der Waals surface area contributed by atoms with Gasteiger partial charge in [0.15, 0.2) is 0 Å². The Morgan fingerprint density at radius 2 is 1.81 bits per heavy atom. The van der Waals surface area contributed by atoms with Crippen molar-refractivity contribution in [2.24, 2.45) is 0 Å². The van der Waals surface area contributed by atoms with Crippen LogP contribution < -0.4 is 4.74 Å².